The third-order valence-electron chi connectivity index (χ3n) is 22.7. The highest BCUT2D eigenvalue weighted by molar-refractivity contribution is 7.26. The van der Waals surface area contributed by atoms with E-state index in [-0.39, 0.29) is 0 Å². The Bertz CT molecular complexity index is 8120. The molecule has 8 heterocycles. The van der Waals surface area contributed by atoms with E-state index in [1.54, 1.807) is 11.3 Å². The summed E-state index contributed by atoms with van der Waals surface area (Å²) in [6.45, 7) is 0. The van der Waals surface area contributed by atoms with E-state index in [1.807, 2.05) is 72.8 Å². The zero-order chi connectivity index (χ0) is 74.6. The average Bonchev–Trinajstić information content (AvgIpc) is 1.57. The summed E-state index contributed by atoms with van der Waals surface area (Å²) < 4.78 is 28.7. The highest BCUT2D eigenvalue weighted by Gasteiger charge is 2.27. The monoisotopic (exact) mass is 1470 g/mol. The van der Waals surface area contributed by atoms with Crippen LogP contribution >= 0.6 is 11.3 Å². The maximum absolute atomic E-state index is 7.25. The van der Waals surface area contributed by atoms with Crippen molar-refractivity contribution in [1.82, 2.24) is 39.0 Å². The van der Waals surface area contributed by atoms with Crippen molar-refractivity contribution in [3.63, 3.8) is 0 Å². The Morgan fingerprint density at radius 2 is 0.596 bits per heavy atom. The Balaban J connectivity index is 0.632. The van der Waals surface area contributed by atoms with Gasteiger partial charge in [0, 0.05) is 124 Å². The van der Waals surface area contributed by atoms with Gasteiger partial charge in [0.25, 0.3) is 0 Å². The van der Waals surface area contributed by atoms with Gasteiger partial charge in [-0.15, -0.1) is 11.3 Å². The van der Waals surface area contributed by atoms with Crippen molar-refractivity contribution in [2.24, 2.45) is 0 Å². The number of furan rings is 3. The van der Waals surface area contributed by atoms with Crippen LogP contribution in [0.25, 0.3) is 243 Å². The molecule has 0 atom stereocenters. The van der Waals surface area contributed by atoms with E-state index >= 15 is 0 Å². The van der Waals surface area contributed by atoms with Crippen LogP contribution in [0.4, 0.5) is 0 Å². The van der Waals surface area contributed by atoms with E-state index in [0.29, 0.717) is 46.1 Å². The highest BCUT2D eigenvalue weighted by atomic mass is 32.1. The molecule has 16 aromatic carbocycles. The van der Waals surface area contributed by atoms with Gasteiger partial charge in [-0.2, -0.15) is 0 Å². The van der Waals surface area contributed by atoms with E-state index in [1.165, 1.54) is 20.9 Å². The largest absolute Gasteiger partial charge is 0.455 e. The molecule has 0 bridgehead atoms. The van der Waals surface area contributed by atoms with E-state index in [4.69, 9.17) is 43.2 Å². The lowest BCUT2D eigenvalue weighted by Crippen LogP contribution is -2.00. The van der Waals surface area contributed by atoms with E-state index in [0.717, 1.165) is 176 Å². The molecule has 24 aromatic rings. The predicted molar refractivity (Wildman–Crippen MR) is 466 cm³/mol. The second-order valence-corrected chi connectivity index (χ2v) is 30.1. The molecule has 530 valence electrons. The van der Waals surface area contributed by atoms with Crippen LogP contribution in [0.15, 0.2) is 365 Å². The fraction of sp³-hybridized carbons (Fsp3) is 0. The van der Waals surface area contributed by atoms with Gasteiger partial charge in [0.2, 0.25) is 0 Å². The van der Waals surface area contributed by atoms with Crippen LogP contribution in [0.5, 0.6) is 0 Å². The third kappa shape index (κ3) is 9.87. The Morgan fingerprint density at radius 3 is 1.18 bits per heavy atom. The van der Waals surface area contributed by atoms with Crippen LogP contribution < -0.4 is 0 Å². The molecular weight excluding hydrogens is 1420 g/mol. The summed E-state index contributed by atoms with van der Waals surface area (Å²) in [6, 6.07) is 123. The molecule has 0 amide bonds. The Morgan fingerprint density at radius 1 is 0.211 bits per heavy atom. The van der Waals surface area contributed by atoms with Gasteiger partial charge in [-0.05, 0) is 120 Å². The fourth-order valence-electron chi connectivity index (χ4n) is 17.5. The minimum absolute atomic E-state index is 0.483. The lowest BCUT2D eigenvalue weighted by molar-refractivity contribution is 0.669. The topological polar surface area (TPSA) is 127 Å². The summed E-state index contributed by atoms with van der Waals surface area (Å²) >= 11 is 1.76. The van der Waals surface area contributed by atoms with Crippen molar-refractivity contribution in [1.29, 1.82) is 0 Å². The van der Waals surface area contributed by atoms with Crippen molar-refractivity contribution in [2.75, 3.05) is 0 Å². The summed E-state index contributed by atoms with van der Waals surface area (Å²) in [5.41, 5.74) is 21.9. The number of nitrogens with zero attached hydrogens (tertiary/aromatic N) is 8. The van der Waals surface area contributed by atoms with E-state index in [9.17, 15) is 0 Å². The first kappa shape index (κ1) is 63.7. The van der Waals surface area contributed by atoms with Crippen molar-refractivity contribution in [3.05, 3.63) is 352 Å². The zero-order valence-electron chi connectivity index (χ0n) is 60.7. The Kier molecular flexibility index (Phi) is 14.0. The first-order chi connectivity index (χ1) is 56.5. The van der Waals surface area contributed by atoms with Crippen molar-refractivity contribution < 1.29 is 13.3 Å². The molecule has 12 heteroatoms. The van der Waals surface area contributed by atoms with E-state index in [2.05, 4.69) is 288 Å². The Hall–Kier alpha value is -15.2. The number of hydrogen-bond donors (Lipinski definition) is 0. The molecule has 0 spiro atoms. The number of rotatable bonds is 11. The number of fused-ring (bicyclic) bond motifs is 18. The van der Waals surface area contributed by atoms with Gasteiger partial charge in [-0.3, -0.25) is 0 Å². The quantitative estimate of drug-likeness (QED) is 0.124. The van der Waals surface area contributed by atoms with Gasteiger partial charge >= 0.3 is 0 Å². The van der Waals surface area contributed by atoms with Crippen LogP contribution in [0.2, 0.25) is 0 Å². The zero-order valence-corrected chi connectivity index (χ0v) is 61.5. The van der Waals surface area contributed by atoms with Crippen LogP contribution in [0.3, 0.4) is 0 Å². The summed E-state index contributed by atoms with van der Waals surface area (Å²) in [4.78, 5) is 32.0. The van der Waals surface area contributed by atoms with Gasteiger partial charge in [0.1, 0.15) is 33.5 Å². The minimum Gasteiger partial charge on any atom is -0.455 e. The Labute approximate surface area is 653 Å². The van der Waals surface area contributed by atoms with Crippen LogP contribution in [0, 0.1) is 0 Å². The molecule has 0 unspecified atom stereocenters. The molecule has 8 aromatic heterocycles. The van der Waals surface area contributed by atoms with Crippen LogP contribution in [-0.2, 0) is 0 Å². The predicted octanol–water partition coefficient (Wildman–Crippen LogP) is 27.3. The van der Waals surface area contributed by atoms with E-state index < -0.39 is 0 Å². The van der Waals surface area contributed by atoms with Crippen LogP contribution in [0.1, 0.15) is 0 Å². The molecule has 0 saturated heterocycles. The normalized spacial score (nSPS) is 12.0. The molecule has 24 rings (SSSR count). The molecular formula is C102H58N8O3S. The second-order valence-electron chi connectivity index (χ2n) is 29.1. The van der Waals surface area contributed by atoms with Gasteiger partial charge in [0.05, 0.1) is 33.2 Å². The van der Waals surface area contributed by atoms with Gasteiger partial charge in [-0.25, -0.2) is 29.9 Å². The molecule has 0 fully saturated rings. The van der Waals surface area contributed by atoms with Crippen molar-refractivity contribution in [3.8, 4) is 113 Å². The number of thiophene rings is 1. The standard InChI is InChI=1S/C102H58N8O3S/c1-5-24-59(25-6-1)97-103-99(107-100(104-97)79-42-21-39-74-72-37-19-35-66(91(72)112-93(74)79)61-49-54-85-82(56-61)69-32-13-16-45-84(69)109(85)64-28-9-3-10-29-64)78-53-52-68(95-90(78)77-34-14-17-46-88(77)111-95)63-48-51-70-83-57-62(50-55-86(83)110(87(70)58-63)65-30-11-4-12-31-65)67-36-20-38-73-75-40-22-43-80(94(75)113-92(67)73)101-105-98(60-26-7-2-8-27-60)106-102(108-101)81-44-23-41-76-71-33-15-18-47-89(71)114-96(76)81/h1-58H. The number of hydrogen-bond acceptors (Lipinski definition) is 10. The maximum atomic E-state index is 7.25. The molecule has 0 N–H and O–H groups in total. The molecule has 0 aliphatic heterocycles. The lowest BCUT2D eigenvalue weighted by atomic mass is 9.96. The molecule has 0 saturated carbocycles. The van der Waals surface area contributed by atoms with Crippen molar-refractivity contribution in [2.45, 2.75) is 0 Å². The van der Waals surface area contributed by atoms with Gasteiger partial charge < -0.3 is 22.4 Å². The minimum atomic E-state index is 0.483. The third-order valence-corrected chi connectivity index (χ3v) is 23.9. The van der Waals surface area contributed by atoms with Crippen LogP contribution in [-0.4, -0.2) is 39.0 Å². The lowest BCUT2D eigenvalue weighted by Gasteiger charge is -2.12. The molecule has 114 heavy (non-hydrogen) atoms. The number of benzene rings is 16. The summed E-state index contributed by atoms with van der Waals surface area (Å²) in [6.07, 6.45) is 0. The molecule has 0 aliphatic carbocycles. The maximum Gasteiger partial charge on any atom is 0.167 e. The number of para-hydroxylation sites is 8. The first-order valence-electron chi connectivity index (χ1n) is 38.1. The molecule has 11 nitrogen and oxygen atoms in total. The SMILES string of the molecule is c1ccc(-c2nc(-c3cccc4c3oc3c(-c5ccc6c(c5)c5ccc(-c7ccc(-c8nc(-c9ccccc9)nc(-c9cccc%10c9oc9c(-c%11ccc%12c(c%11)c%11ccccc%11n%12-c%11ccccc%11)cccc9%10)n8)c8c7oc7ccccc78)cc5n6-c5ccccc5)cccc34)nc(-c3cccc4c3sc3ccccc34)n2)cc1. The second kappa shape index (κ2) is 25.2. The summed E-state index contributed by atoms with van der Waals surface area (Å²) in [5.74, 6) is 3.23. The summed E-state index contributed by atoms with van der Waals surface area (Å²) in [7, 11) is 0. The van der Waals surface area contributed by atoms with Crippen molar-refractivity contribution >= 4 is 141 Å². The molecule has 0 aliphatic rings. The number of aromatic nitrogens is 8. The molecule has 0 radical (unpaired) electrons. The fourth-order valence-corrected chi connectivity index (χ4v) is 18.7. The van der Waals surface area contributed by atoms with Gasteiger partial charge in [0.15, 0.2) is 34.9 Å². The smallest absolute Gasteiger partial charge is 0.167 e. The average molecular weight is 1480 g/mol. The summed E-state index contributed by atoms with van der Waals surface area (Å²) in [5, 5.41) is 12.7. The first-order valence-corrected chi connectivity index (χ1v) is 38.9. The highest BCUT2D eigenvalue weighted by Crippen LogP contribution is 2.49. The van der Waals surface area contributed by atoms with Gasteiger partial charge in [-0.1, -0.05) is 249 Å².